The monoisotopic (exact) mass is 210 g/mol. The van der Waals surface area contributed by atoms with E-state index in [9.17, 15) is 9.90 Å². The highest BCUT2D eigenvalue weighted by Crippen LogP contribution is 2.45. The number of fused-ring (bicyclic) bond motifs is 1. The summed E-state index contributed by atoms with van der Waals surface area (Å²) in [6, 6.07) is 0. The van der Waals surface area contributed by atoms with Crippen molar-refractivity contribution in [1.29, 1.82) is 0 Å². The maximum Gasteiger partial charge on any atom is 0.123 e. The summed E-state index contributed by atoms with van der Waals surface area (Å²) < 4.78 is 0. The van der Waals surface area contributed by atoms with E-state index in [1.807, 2.05) is 6.92 Å². The molecule has 2 aliphatic carbocycles. The number of carbonyl (C=O) groups is 1. The molecule has 2 saturated carbocycles. The van der Waals surface area contributed by atoms with Crippen LogP contribution in [-0.4, -0.2) is 17.5 Å². The van der Waals surface area contributed by atoms with E-state index < -0.39 is 0 Å². The standard InChI is InChI=1S/C13H22O2/c1-9(15)13-7-11-5-3-2-4-10(11)6-12(13)8-14/h8-13,15H,2-7H2,1H3. The normalized spacial score (nSPS) is 43.1. The topological polar surface area (TPSA) is 37.3 Å². The first-order valence-electron chi connectivity index (χ1n) is 6.35. The lowest BCUT2D eigenvalue weighted by Crippen LogP contribution is -2.39. The van der Waals surface area contributed by atoms with Gasteiger partial charge in [-0.25, -0.2) is 0 Å². The minimum absolute atomic E-state index is 0.115. The van der Waals surface area contributed by atoms with Crippen molar-refractivity contribution in [3.05, 3.63) is 0 Å². The Balaban J connectivity index is 2.05. The van der Waals surface area contributed by atoms with Crippen molar-refractivity contribution in [3.63, 3.8) is 0 Å². The lowest BCUT2D eigenvalue weighted by molar-refractivity contribution is -0.117. The van der Waals surface area contributed by atoms with Gasteiger partial charge in [0, 0.05) is 5.92 Å². The third-order valence-electron chi connectivity index (χ3n) is 4.56. The number of hydrogen-bond acceptors (Lipinski definition) is 2. The van der Waals surface area contributed by atoms with Gasteiger partial charge in [0.1, 0.15) is 6.29 Å². The number of carbonyl (C=O) groups excluding carboxylic acids is 1. The SMILES string of the molecule is CC(O)C1CC2CCCCC2CC1C=O. The van der Waals surface area contributed by atoms with Crippen LogP contribution in [0.1, 0.15) is 45.4 Å². The van der Waals surface area contributed by atoms with E-state index in [1.165, 1.54) is 25.7 Å². The molecule has 2 nitrogen and oxygen atoms in total. The van der Waals surface area contributed by atoms with Crippen molar-refractivity contribution in [2.45, 2.75) is 51.6 Å². The third-order valence-corrected chi connectivity index (χ3v) is 4.56. The quantitative estimate of drug-likeness (QED) is 0.711. The van der Waals surface area contributed by atoms with Gasteiger partial charge in [0.2, 0.25) is 0 Å². The van der Waals surface area contributed by atoms with Crippen LogP contribution in [0.2, 0.25) is 0 Å². The van der Waals surface area contributed by atoms with Gasteiger partial charge >= 0.3 is 0 Å². The van der Waals surface area contributed by atoms with Crippen molar-refractivity contribution in [1.82, 2.24) is 0 Å². The molecule has 2 heteroatoms. The summed E-state index contributed by atoms with van der Waals surface area (Å²) in [4.78, 5) is 11.0. The first-order chi connectivity index (χ1) is 7.22. The van der Waals surface area contributed by atoms with Gasteiger partial charge in [0.05, 0.1) is 6.10 Å². The summed E-state index contributed by atoms with van der Waals surface area (Å²) >= 11 is 0. The van der Waals surface area contributed by atoms with Crippen LogP contribution in [0, 0.1) is 23.7 Å². The molecule has 0 radical (unpaired) electrons. The van der Waals surface area contributed by atoms with Gasteiger partial charge in [0.15, 0.2) is 0 Å². The molecule has 2 rings (SSSR count). The second-order valence-corrected chi connectivity index (χ2v) is 5.48. The largest absolute Gasteiger partial charge is 0.393 e. The van der Waals surface area contributed by atoms with Gasteiger partial charge in [-0.2, -0.15) is 0 Å². The second-order valence-electron chi connectivity index (χ2n) is 5.48. The second kappa shape index (κ2) is 4.65. The zero-order chi connectivity index (χ0) is 10.8. The van der Waals surface area contributed by atoms with E-state index in [4.69, 9.17) is 0 Å². The molecule has 1 N–H and O–H groups in total. The highest BCUT2D eigenvalue weighted by atomic mass is 16.3. The number of aliphatic hydroxyl groups excluding tert-OH is 1. The summed E-state index contributed by atoms with van der Waals surface area (Å²) in [6.07, 6.45) is 8.19. The van der Waals surface area contributed by atoms with E-state index in [0.717, 1.165) is 31.0 Å². The van der Waals surface area contributed by atoms with Crippen LogP contribution in [0.3, 0.4) is 0 Å². The maximum absolute atomic E-state index is 11.0. The Morgan fingerprint density at radius 3 is 2.33 bits per heavy atom. The van der Waals surface area contributed by atoms with Crippen molar-refractivity contribution >= 4 is 6.29 Å². The molecule has 0 aromatic carbocycles. The van der Waals surface area contributed by atoms with Gasteiger partial charge in [-0.05, 0) is 37.5 Å². The van der Waals surface area contributed by atoms with E-state index in [2.05, 4.69) is 0 Å². The first kappa shape index (κ1) is 11.1. The molecule has 15 heavy (non-hydrogen) atoms. The highest BCUT2D eigenvalue weighted by molar-refractivity contribution is 5.54. The van der Waals surface area contributed by atoms with Crippen molar-refractivity contribution in [2.24, 2.45) is 23.7 Å². The Kier molecular flexibility index (Phi) is 3.45. The van der Waals surface area contributed by atoms with E-state index in [0.29, 0.717) is 0 Å². The third kappa shape index (κ3) is 2.25. The van der Waals surface area contributed by atoms with E-state index >= 15 is 0 Å². The fraction of sp³-hybridized carbons (Fsp3) is 0.923. The molecule has 86 valence electrons. The number of aldehydes is 1. The van der Waals surface area contributed by atoms with Crippen LogP contribution < -0.4 is 0 Å². The molecule has 0 heterocycles. The molecular weight excluding hydrogens is 188 g/mol. The lowest BCUT2D eigenvalue weighted by atomic mass is 9.62. The van der Waals surface area contributed by atoms with Crippen LogP contribution in [0.5, 0.6) is 0 Å². The molecule has 5 unspecified atom stereocenters. The molecule has 0 aromatic heterocycles. The summed E-state index contributed by atoms with van der Waals surface area (Å²) in [5.41, 5.74) is 0. The lowest BCUT2D eigenvalue weighted by Gasteiger charge is -2.43. The van der Waals surface area contributed by atoms with Gasteiger partial charge in [0.25, 0.3) is 0 Å². The predicted octanol–water partition coefficient (Wildman–Crippen LogP) is 2.40. The fourth-order valence-electron chi connectivity index (χ4n) is 3.66. The first-order valence-corrected chi connectivity index (χ1v) is 6.35. The zero-order valence-corrected chi connectivity index (χ0v) is 9.56. The van der Waals surface area contributed by atoms with Crippen LogP contribution in [0.15, 0.2) is 0 Å². The molecule has 5 atom stereocenters. The highest BCUT2D eigenvalue weighted by Gasteiger charge is 2.39. The van der Waals surface area contributed by atoms with Crippen LogP contribution in [0.4, 0.5) is 0 Å². The van der Waals surface area contributed by atoms with Crippen LogP contribution in [0.25, 0.3) is 0 Å². The summed E-state index contributed by atoms with van der Waals surface area (Å²) in [5.74, 6) is 1.89. The minimum Gasteiger partial charge on any atom is -0.393 e. The Morgan fingerprint density at radius 2 is 1.80 bits per heavy atom. The average Bonchev–Trinajstić information content (AvgIpc) is 2.27. The number of rotatable bonds is 2. The molecule has 0 amide bonds. The molecule has 0 spiro atoms. The van der Waals surface area contributed by atoms with Crippen LogP contribution in [-0.2, 0) is 4.79 Å². The van der Waals surface area contributed by atoms with Gasteiger partial charge in [-0.3, -0.25) is 0 Å². The molecule has 0 aromatic rings. The molecule has 0 bridgehead atoms. The Morgan fingerprint density at radius 1 is 1.20 bits per heavy atom. The molecular formula is C13H22O2. The minimum atomic E-state index is -0.317. The molecule has 2 fully saturated rings. The Hall–Kier alpha value is -0.370. The van der Waals surface area contributed by atoms with Crippen molar-refractivity contribution < 1.29 is 9.90 Å². The van der Waals surface area contributed by atoms with Crippen LogP contribution >= 0.6 is 0 Å². The molecule has 2 aliphatic rings. The van der Waals surface area contributed by atoms with Crippen molar-refractivity contribution in [2.75, 3.05) is 0 Å². The molecule has 0 saturated heterocycles. The maximum atomic E-state index is 11.0. The van der Waals surface area contributed by atoms with Gasteiger partial charge in [-0.1, -0.05) is 25.7 Å². The summed E-state index contributed by atoms with van der Waals surface area (Å²) in [5, 5.41) is 9.71. The summed E-state index contributed by atoms with van der Waals surface area (Å²) in [6.45, 7) is 1.84. The fourth-order valence-corrected chi connectivity index (χ4v) is 3.66. The number of hydrogen-bond donors (Lipinski definition) is 1. The smallest absolute Gasteiger partial charge is 0.123 e. The van der Waals surface area contributed by atoms with Gasteiger partial charge < -0.3 is 9.90 Å². The number of aliphatic hydroxyl groups is 1. The Bertz CT molecular complexity index is 225. The van der Waals surface area contributed by atoms with Crippen molar-refractivity contribution in [3.8, 4) is 0 Å². The van der Waals surface area contributed by atoms with E-state index in [1.54, 1.807) is 0 Å². The summed E-state index contributed by atoms with van der Waals surface area (Å²) in [7, 11) is 0. The Labute approximate surface area is 92.1 Å². The van der Waals surface area contributed by atoms with Gasteiger partial charge in [-0.15, -0.1) is 0 Å². The average molecular weight is 210 g/mol. The predicted molar refractivity (Wildman–Crippen MR) is 59.4 cm³/mol. The molecule has 0 aliphatic heterocycles. The zero-order valence-electron chi connectivity index (χ0n) is 9.56. The van der Waals surface area contributed by atoms with E-state index in [-0.39, 0.29) is 17.9 Å².